The molecule has 0 amide bonds. The van der Waals surface area contributed by atoms with Gasteiger partial charge in [0.05, 0.1) is 21.8 Å². The molecule has 0 radical (unpaired) electrons. The lowest BCUT2D eigenvalue weighted by atomic mass is 9.96. The van der Waals surface area contributed by atoms with Crippen molar-refractivity contribution in [2.75, 3.05) is 0 Å². The molecular formula is C22H14Cl4N2O. The molecule has 0 bridgehead atoms. The summed E-state index contributed by atoms with van der Waals surface area (Å²) in [6, 6.07) is 18.9. The molecule has 2 heterocycles. The largest absolute Gasteiger partial charge is 0.463 e. The molecule has 2 aliphatic rings. The first-order chi connectivity index (χ1) is 14.0. The third-order valence-electron chi connectivity index (χ3n) is 5.14. The van der Waals surface area contributed by atoms with E-state index in [9.17, 15) is 0 Å². The van der Waals surface area contributed by atoms with Crippen molar-refractivity contribution in [3.05, 3.63) is 97.4 Å². The maximum atomic E-state index is 6.51. The second kappa shape index (κ2) is 7.41. The van der Waals surface area contributed by atoms with E-state index in [-0.39, 0.29) is 6.04 Å². The van der Waals surface area contributed by atoms with Crippen molar-refractivity contribution in [3.8, 4) is 5.75 Å². The Morgan fingerprint density at radius 1 is 0.828 bits per heavy atom. The smallest absolute Gasteiger partial charge is 0.215 e. The third-order valence-corrected chi connectivity index (χ3v) is 6.21. The van der Waals surface area contributed by atoms with E-state index < -0.39 is 6.23 Å². The van der Waals surface area contributed by atoms with Gasteiger partial charge in [0.2, 0.25) is 6.23 Å². The first kappa shape index (κ1) is 19.1. The van der Waals surface area contributed by atoms with Crippen molar-refractivity contribution in [2.24, 2.45) is 5.10 Å². The second-order valence-electron chi connectivity index (χ2n) is 6.95. The summed E-state index contributed by atoms with van der Waals surface area (Å²) >= 11 is 25.4. The molecule has 0 aliphatic carbocycles. The summed E-state index contributed by atoms with van der Waals surface area (Å²) in [4.78, 5) is 0. The predicted octanol–water partition coefficient (Wildman–Crippen LogP) is 7.54. The highest BCUT2D eigenvalue weighted by molar-refractivity contribution is 6.36. The SMILES string of the molecule is Clc1ccc([C@@H]2Oc3c(Cl)cc(Cl)cc3[C@H]3CC(c4ccccc4)=NN32)c(Cl)c1. The zero-order valence-electron chi connectivity index (χ0n) is 14.9. The highest BCUT2D eigenvalue weighted by Crippen LogP contribution is 2.51. The Bertz CT molecular complexity index is 1130. The number of halogens is 4. The maximum absolute atomic E-state index is 6.51. The van der Waals surface area contributed by atoms with Gasteiger partial charge in [-0.2, -0.15) is 5.10 Å². The Morgan fingerprint density at radius 3 is 2.34 bits per heavy atom. The minimum absolute atomic E-state index is 0.0677. The lowest BCUT2D eigenvalue weighted by Gasteiger charge is -2.39. The molecule has 5 rings (SSSR count). The van der Waals surface area contributed by atoms with Crippen molar-refractivity contribution in [1.82, 2.24) is 5.01 Å². The first-order valence-electron chi connectivity index (χ1n) is 9.03. The van der Waals surface area contributed by atoms with Crippen LogP contribution in [0.5, 0.6) is 5.75 Å². The van der Waals surface area contributed by atoms with Crippen LogP contribution in [0.1, 0.15) is 35.4 Å². The van der Waals surface area contributed by atoms with Gasteiger partial charge in [-0.15, -0.1) is 0 Å². The lowest BCUT2D eigenvalue weighted by Crippen LogP contribution is -2.34. The molecule has 0 fully saturated rings. The topological polar surface area (TPSA) is 24.8 Å². The van der Waals surface area contributed by atoms with E-state index in [0.29, 0.717) is 32.3 Å². The first-order valence-corrected chi connectivity index (χ1v) is 10.5. The number of hydrazone groups is 1. The number of benzene rings is 3. The van der Waals surface area contributed by atoms with Crippen LogP contribution in [-0.2, 0) is 0 Å². The van der Waals surface area contributed by atoms with E-state index >= 15 is 0 Å². The molecule has 3 aromatic carbocycles. The van der Waals surface area contributed by atoms with Crippen LogP contribution in [-0.4, -0.2) is 10.7 Å². The van der Waals surface area contributed by atoms with Crippen LogP contribution >= 0.6 is 46.4 Å². The maximum Gasteiger partial charge on any atom is 0.215 e. The zero-order chi connectivity index (χ0) is 20.1. The lowest BCUT2D eigenvalue weighted by molar-refractivity contribution is -0.0188. The van der Waals surface area contributed by atoms with Crippen LogP contribution in [0.3, 0.4) is 0 Å². The highest BCUT2D eigenvalue weighted by atomic mass is 35.5. The summed E-state index contributed by atoms with van der Waals surface area (Å²) in [5, 5.41) is 8.95. The zero-order valence-corrected chi connectivity index (χ0v) is 18.0. The number of rotatable bonds is 2. The van der Waals surface area contributed by atoms with Crippen LogP contribution in [0.2, 0.25) is 20.1 Å². The molecular weight excluding hydrogens is 450 g/mol. The molecule has 0 spiro atoms. The fraction of sp³-hybridized carbons (Fsp3) is 0.136. The molecule has 0 saturated heterocycles. The van der Waals surface area contributed by atoms with Crippen LogP contribution in [0.25, 0.3) is 0 Å². The molecule has 0 saturated carbocycles. The van der Waals surface area contributed by atoms with Gasteiger partial charge < -0.3 is 4.74 Å². The van der Waals surface area contributed by atoms with E-state index in [1.165, 1.54) is 0 Å². The van der Waals surface area contributed by atoms with E-state index in [1.54, 1.807) is 18.2 Å². The van der Waals surface area contributed by atoms with Gasteiger partial charge in [0.15, 0.2) is 0 Å². The fourth-order valence-corrected chi connectivity index (χ4v) is 4.88. The van der Waals surface area contributed by atoms with E-state index in [0.717, 1.165) is 22.4 Å². The minimum atomic E-state index is -0.530. The number of fused-ring (bicyclic) bond motifs is 3. The molecule has 29 heavy (non-hydrogen) atoms. The molecule has 146 valence electrons. The van der Waals surface area contributed by atoms with Gasteiger partial charge >= 0.3 is 0 Å². The third kappa shape index (κ3) is 3.36. The van der Waals surface area contributed by atoms with Gasteiger partial charge in [-0.25, -0.2) is 5.01 Å². The van der Waals surface area contributed by atoms with Gasteiger partial charge in [-0.3, -0.25) is 0 Å². The highest BCUT2D eigenvalue weighted by Gasteiger charge is 2.42. The molecule has 2 atom stereocenters. The van der Waals surface area contributed by atoms with Gasteiger partial charge in [0, 0.05) is 27.6 Å². The second-order valence-corrected chi connectivity index (χ2v) is 8.64. The van der Waals surface area contributed by atoms with Crippen molar-refractivity contribution >= 4 is 52.1 Å². The molecule has 0 unspecified atom stereocenters. The quantitative estimate of drug-likeness (QED) is 0.392. The Hall–Kier alpha value is -1.91. The summed E-state index contributed by atoms with van der Waals surface area (Å²) in [5.41, 5.74) is 3.73. The summed E-state index contributed by atoms with van der Waals surface area (Å²) in [6.45, 7) is 0. The van der Waals surface area contributed by atoms with E-state index in [1.807, 2.05) is 47.5 Å². The minimum Gasteiger partial charge on any atom is -0.463 e. The normalized spacial score (nSPS) is 20.0. The van der Waals surface area contributed by atoms with Crippen LogP contribution in [0.15, 0.2) is 65.8 Å². The van der Waals surface area contributed by atoms with Gasteiger partial charge in [-0.1, -0.05) is 82.8 Å². The Labute approximate surface area is 188 Å². The summed E-state index contributed by atoms with van der Waals surface area (Å²) in [7, 11) is 0. The Balaban J connectivity index is 1.66. The number of nitrogens with zero attached hydrogens (tertiary/aromatic N) is 2. The van der Waals surface area contributed by atoms with Crippen molar-refractivity contribution < 1.29 is 4.74 Å². The number of hydrogen-bond donors (Lipinski definition) is 0. The average molecular weight is 464 g/mol. The fourth-order valence-electron chi connectivity index (χ4n) is 3.83. The molecule has 7 heteroatoms. The monoisotopic (exact) mass is 462 g/mol. The number of ether oxygens (including phenoxy) is 1. The summed E-state index contributed by atoms with van der Waals surface area (Å²) < 4.78 is 6.32. The summed E-state index contributed by atoms with van der Waals surface area (Å²) in [5.74, 6) is 0.609. The standard InChI is InChI=1S/C22H14Cl4N2O/c23-13-6-7-15(17(25)9-13)22-28-20(11-19(27-28)12-4-2-1-3-5-12)16-8-14(24)10-18(26)21(16)29-22/h1-10,20,22H,11H2/t20-,22+/m1/s1. The van der Waals surface area contributed by atoms with Crippen molar-refractivity contribution in [3.63, 3.8) is 0 Å². The van der Waals surface area contributed by atoms with Crippen LogP contribution in [0, 0.1) is 0 Å². The van der Waals surface area contributed by atoms with Gasteiger partial charge in [-0.05, 0) is 29.8 Å². The van der Waals surface area contributed by atoms with Crippen LogP contribution in [0.4, 0.5) is 0 Å². The molecule has 3 nitrogen and oxygen atoms in total. The van der Waals surface area contributed by atoms with Crippen LogP contribution < -0.4 is 4.74 Å². The molecule has 3 aromatic rings. The van der Waals surface area contributed by atoms with Gasteiger partial charge in [0.1, 0.15) is 5.75 Å². The predicted molar refractivity (Wildman–Crippen MR) is 118 cm³/mol. The van der Waals surface area contributed by atoms with Crippen molar-refractivity contribution in [2.45, 2.75) is 18.7 Å². The molecule has 2 aliphatic heterocycles. The Morgan fingerprint density at radius 2 is 1.59 bits per heavy atom. The number of hydrogen-bond acceptors (Lipinski definition) is 3. The van der Waals surface area contributed by atoms with E-state index in [4.69, 9.17) is 56.2 Å². The molecule has 0 aromatic heterocycles. The van der Waals surface area contributed by atoms with Crippen molar-refractivity contribution in [1.29, 1.82) is 0 Å². The van der Waals surface area contributed by atoms with E-state index in [2.05, 4.69) is 0 Å². The Kier molecular flexibility index (Phi) is 4.87. The van der Waals surface area contributed by atoms with Gasteiger partial charge in [0.25, 0.3) is 0 Å². The summed E-state index contributed by atoms with van der Waals surface area (Å²) in [6.07, 6.45) is 0.177. The molecule has 0 N–H and O–H groups in total. The average Bonchev–Trinajstić information content (AvgIpc) is 3.15.